The molecule has 3 aromatic rings. The van der Waals surface area contributed by atoms with Gasteiger partial charge >= 0.3 is 0 Å². The van der Waals surface area contributed by atoms with Crippen molar-refractivity contribution in [3.05, 3.63) is 52.1 Å². The molecule has 4 heterocycles. The lowest BCUT2D eigenvalue weighted by Crippen LogP contribution is -2.39. The summed E-state index contributed by atoms with van der Waals surface area (Å²) in [5.41, 5.74) is 5.81. The van der Waals surface area contributed by atoms with E-state index >= 15 is 0 Å². The Kier molecular flexibility index (Phi) is 5.77. The van der Waals surface area contributed by atoms with Crippen LogP contribution in [0.25, 0.3) is 16.9 Å². The van der Waals surface area contributed by atoms with Crippen molar-refractivity contribution in [3.63, 3.8) is 0 Å². The standard InChI is InChI=1S/C27H30F2IN5/c1-19-14-21(16-25(32-19)34-12-8-27(28,29)9-13-34)35-17-23(31-18-35)22-3-2-20(30)15-24(22)33-10-6-26(4-5-26)7-11-33/h2-3,14-18H,4-13H2,1H3. The highest BCUT2D eigenvalue weighted by molar-refractivity contribution is 14.1. The van der Waals surface area contributed by atoms with Crippen molar-refractivity contribution in [2.75, 3.05) is 36.0 Å². The van der Waals surface area contributed by atoms with Gasteiger partial charge in [-0.3, -0.25) is 0 Å². The number of aromatic nitrogens is 3. The van der Waals surface area contributed by atoms with E-state index < -0.39 is 5.92 Å². The Balaban J connectivity index is 1.28. The summed E-state index contributed by atoms with van der Waals surface area (Å²) in [4.78, 5) is 13.9. The normalized spacial score (nSPS) is 20.9. The first-order valence-corrected chi connectivity index (χ1v) is 13.6. The summed E-state index contributed by atoms with van der Waals surface area (Å²) in [6.07, 6.45) is 9.04. The first-order valence-electron chi connectivity index (χ1n) is 12.5. The van der Waals surface area contributed by atoms with Crippen LogP contribution in [-0.4, -0.2) is 46.6 Å². The second-order valence-electron chi connectivity index (χ2n) is 10.5. The fourth-order valence-electron chi connectivity index (χ4n) is 5.49. The second kappa shape index (κ2) is 8.71. The monoisotopic (exact) mass is 589 g/mol. The van der Waals surface area contributed by atoms with Crippen molar-refractivity contribution in [3.8, 4) is 16.9 Å². The maximum absolute atomic E-state index is 13.7. The fraction of sp³-hybridized carbons (Fsp3) is 0.481. The van der Waals surface area contributed by atoms with Crippen LogP contribution in [0.3, 0.4) is 0 Å². The number of alkyl halides is 2. The predicted octanol–water partition coefficient (Wildman–Crippen LogP) is 6.46. The molecular weight excluding hydrogens is 559 g/mol. The number of imidazole rings is 1. The smallest absolute Gasteiger partial charge is 0.251 e. The van der Waals surface area contributed by atoms with Gasteiger partial charge in [-0.25, -0.2) is 18.7 Å². The number of benzene rings is 1. The van der Waals surface area contributed by atoms with E-state index in [9.17, 15) is 8.78 Å². The molecule has 2 aliphatic heterocycles. The molecule has 8 heteroatoms. The Morgan fingerprint density at radius 3 is 2.31 bits per heavy atom. The van der Waals surface area contributed by atoms with Crippen LogP contribution in [0.5, 0.6) is 0 Å². The maximum Gasteiger partial charge on any atom is 0.251 e. The predicted molar refractivity (Wildman–Crippen MR) is 144 cm³/mol. The molecule has 0 radical (unpaired) electrons. The Morgan fingerprint density at radius 1 is 0.886 bits per heavy atom. The summed E-state index contributed by atoms with van der Waals surface area (Å²) in [6, 6.07) is 10.6. The summed E-state index contributed by atoms with van der Waals surface area (Å²) in [7, 11) is 0. The average molecular weight is 589 g/mol. The van der Waals surface area contributed by atoms with E-state index in [0.717, 1.165) is 41.5 Å². The van der Waals surface area contributed by atoms with E-state index in [1.165, 1.54) is 34.9 Å². The highest BCUT2D eigenvalue weighted by Crippen LogP contribution is 2.54. The minimum absolute atomic E-state index is 0.125. The SMILES string of the molecule is Cc1cc(-n2cnc(-c3ccc(I)cc3N3CCC4(CC3)CC4)c2)cc(N2CCC(F)(F)CC2)n1. The van der Waals surface area contributed by atoms with Crippen molar-refractivity contribution < 1.29 is 8.78 Å². The molecule has 0 unspecified atom stereocenters. The molecule has 1 aromatic carbocycles. The largest absolute Gasteiger partial charge is 0.371 e. The van der Waals surface area contributed by atoms with Gasteiger partial charge in [-0.1, -0.05) is 0 Å². The third kappa shape index (κ3) is 4.78. The van der Waals surface area contributed by atoms with E-state index in [-0.39, 0.29) is 12.8 Å². The third-order valence-electron chi connectivity index (χ3n) is 7.98. The number of rotatable bonds is 4. The van der Waals surface area contributed by atoms with Gasteiger partial charge in [0.15, 0.2) is 0 Å². The maximum atomic E-state index is 13.7. The van der Waals surface area contributed by atoms with Gasteiger partial charge in [0.25, 0.3) is 5.92 Å². The number of anilines is 2. The van der Waals surface area contributed by atoms with Crippen LogP contribution in [0.2, 0.25) is 0 Å². The first kappa shape index (κ1) is 23.2. The molecule has 2 aromatic heterocycles. The number of hydrogen-bond acceptors (Lipinski definition) is 4. The van der Waals surface area contributed by atoms with Crippen molar-refractivity contribution >= 4 is 34.1 Å². The zero-order valence-corrected chi connectivity index (χ0v) is 22.1. The average Bonchev–Trinajstić information content (AvgIpc) is 3.39. The van der Waals surface area contributed by atoms with Crippen LogP contribution in [-0.2, 0) is 0 Å². The topological polar surface area (TPSA) is 37.2 Å². The van der Waals surface area contributed by atoms with E-state index in [1.807, 2.05) is 34.9 Å². The van der Waals surface area contributed by atoms with Gasteiger partial charge in [0.2, 0.25) is 0 Å². The van der Waals surface area contributed by atoms with E-state index in [4.69, 9.17) is 4.98 Å². The van der Waals surface area contributed by atoms with Crippen molar-refractivity contribution in [1.82, 2.24) is 14.5 Å². The Bertz CT molecular complexity index is 1230. The summed E-state index contributed by atoms with van der Waals surface area (Å²) in [5, 5.41) is 0. The van der Waals surface area contributed by atoms with Gasteiger partial charge in [-0.15, -0.1) is 0 Å². The molecule has 0 amide bonds. The minimum Gasteiger partial charge on any atom is -0.371 e. The zero-order valence-electron chi connectivity index (χ0n) is 20.0. The molecular formula is C27H30F2IN5. The van der Waals surface area contributed by atoms with Crippen LogP contribution in [0.4, 0.5) is 20.3 Å². The molecule has 3 fully saturated rings. The first-order chi connectivity index (χ1) is 16.8. The lowest BCUT2D eigenvalue weighted by molar-refractivity contribution is -0.0221. The molecule has 5 nitrogen and oxygen atoms in total. The van der Waals surface area contributed by atoms with Gasteiger partial charge in [-0.2, -0.15) is 0 Å². The van der Waals surface area contributed by atoms with E-state index in [1.54, 1.807) is 0 Å². The van der Waals surface area contributed by atoms with Crippen LogP contribution < -0.4 is 9.80 Å². The number of aryl methyl sites for hydroxylation is 1. The molecule has 1 saturated carbocycles. The van der Waals surface area contributed by atoms with Gasteiger partial charge < -0.3 is 14.4 Å². The van der Waals surface area contributed by atoms with Crippen molar-refractivity contribution in [2.45, 2.75) is 51.4 Å². The van der Waals surface area contributed by atoms with E-state index in [2.05, 4.69) is 56.9 Å². The zero-order chi connectivity index (χ0) is 24.2. The quantitative estimate of drug-likeness (QED) is 0.328. The molecule has 6 rings (SSSR count). The highest BCUT2D eigenvalue weighted by atomic mass is 127. The molecule has 35 heavy (non-hydrogen) atoms. The Morgan fingerprint density at radius 2 is 1.60 bits per heavy atom. The number of pyridine rings is 1. The molecule has 1 aliphatic carbocycles. The van der Waals surface area contributed by atoms with Crippen LogP contribution in [0, 0.1) is 15.9 Å². The van der Waals surface area contributed by atoms with E-state index in [0.29, 0.717) is 18.5 Å². The molecule has 3 aliphatic rings. The summed E-state index contributed by atoms with van der Waals surface area (Å²) < 4.78 is 30.5. The van der Waals surface area contributed by atoms with Gasteiger partial charge in [0.1, 0.15) is 5.82 Å². The van der Waals surface area contributed by atoms with Gasteiger partial charge in [-0.05, 0) is 84.9 Å². The number of piperidine rings is 2. The van der Waals surface area contributed by atoms with Crippen molar-refractivity contribution in [2.24, 2.45) is 5.41 Å². The second-order valence-corrected chi connectivity index (χ2v) is 11.7. The number of hydrogen-bond donors (Lipinski definition) is 0. The van der Waals surface area contributed by atoms with Gasteiger partial charge in [0, 0.05) is 71.8 Å². The van der Waals surface area contributed by atoms with Gasteiger partial charge in [0.05, 0.1) is 17.7 Å². The highest BCUT2D eigenvalue weighted by Gasteiger charge is 2.44. The Hall–Kier alpha value is -2.23. The van der Waals surface area contributed by atoms with Crippen LogP contribution in [0.15, 0.2) is 42.9 Å². The number of nitrogens with zero attached hydrogens (tertiary/aromatic N) is 5. The minimum atomic E-state index is -2.57. The third-order valence-corrected chi connectivity index (χ3v) is 8.65. The molecule has 0 bridgehead atoms. The van der Waals surface area contributed by atoms with Crippen LogP contribution in [0.1, 0.15) is 44.2 Å². The summed E-state index contributed by atoms with van der Waals surface area (Å²) in [5.74, 6) is -1.82. The lowest BCUT2D eigenvalue weighted by Gasteiger charge is -2.35. The fourth-order valence-corrected chi connectivity index (χ4v) is 5.97. The Labute approximate surface area is 218 Å². The molecule has 184 valence electrons. The molecule has 0 N–H and O–H groups in total. The number of halogens is 3. The lowest BCUT2D eigenvalue weighted by atomic mass is 9.93. The van der Waals surface area contributed by atoms with Crippen molar-refractivity contribution in [1.29, 1.82) is 0 Å². The van der Waals surface area contributed by atoms with Crippen LogP contribution >= 0.6 is 22.6 Å². The molecule has 2 saturated heterocycles. The molecule has 0 atom stereocenters. The summed E-state index contributed by atoms with van der Waals surface area (Å²) >= 11 is 2.39. The molecule has 1 spiro atoms. The summed E-state index contributed by atoms with van der Waals surface area (Å²) in [6.45, 7) is 4.80.